The largest absolute Gasteiger partial charge is 0.465 e. The number of amides is 1. The van der Waals surface area contributed by atoms with E-state index in [-0.39, 0.29) is 22.6 Å². The SMILES string of the molecule is C[C@@H]1C[C@H](NC(=O)O)CN(c2c([N+](=O)[O-])cnc3c2CCC3)C1. The lowest BCUT2D eigenvalue weighted by Crippen LogP contribution is -2.50. The van der Waals surface area contributed by atoms with Crippen LogP contribution in [0.1, 0.15) is 31.0 Å². The molecule has 2 atom stereocenters. The molecule has 0 radical (unpaired) electrons. The first kappa shape index (κ1) is 15.5. The van der Waals surface area contributed by atoms with Crippen LogP contribution in [0.2, 0.25) is 0 Å². The quantitative estimate of drug-likeness (QED) is 0.651. The number of fused-ring (bicyclic) bond motifs is 1. The fourth-order valence-electron chi connectivity index (χ4n) is 3.78. The van der Waals surface area contributed by atoms with Gasteiger partial charge in [0.25, 0.3) is 0 Å². The highest BCUT2D eigenvalue weighted by Gasteiger charge is 2.33. The predicted molar refractivity (Wildman–Crippen MR) is 83.9 cm³/mol. The second-order valence-corrected chi connectivity index (χ2v) is 6.42. The molecular weight excluding hydrogens is 300 g/mol. The number of carbonyl (C=O) groups is 1. The molecule has 2 heterocycles. The Balaban J connectivity index is 1.98. The number of aromatic nitrogens is 1. The zero-order valence-corrected chi connectivity index (χ0v) is 13.0. The van der Waals surface area contributed by atoms with Crippen LogP contribution in [0, 0.1) is 16.0 Å². The van der Waals surface area contributed by atoms with E-state index < -0.39 is 6.09 Å². The third kappa shape index (κ3) is 3.06. The molecular formula is C15H20N4O4. The van der Waals surface area contributed by atoms with E-state index >= 15 is 0 Å². The smallest absolute Gasteiger partial charge is 0.404 e. The Morgan fingerprint density at radius 2 is 2.26 bits per heavy atom. The number of hydrogen-bond donors (Lipinski definition) is 2. The molecule has 1 aliphatic heterocycles. The van der Waals surface area contributed by atoms with Gasteiger partial charge in [0.2, 0.25) is 0 Å². The first-order valence-electron chi connectivity index (χ1n) is 7.85. The lowest BCUT2D eigenvalue weighted by molar-refractivity contribution is -0.384. The second kappa shape index (κ2) is 6.02. The van der Waals surface area contributed by atoms with Crippen LogP contribution >= 0.6 is 0 Å². The summed E-state index contributed by atoms with van der Waals surface area (Å²) < 4.78 is 0. The van der Waals surface area contributed by atoms with Gasteiger partial charge < -0.3 is 15.3 Å². The summed E-state index contributed by atoms with van der Waals surface area (Å²) in [6.07, 6.45) is 3.62. The Morgan fingerprint density at radius 3 is 2.96 bits per heavy atom. The van der Waals surface area contributed by atoms with Gasteiger partial charge >= 0.3 is 11.8 Å². The van der Waals surface area contributed by atoms with Gasteiger partial charge in [-0.2, -0.15) is 0 Å². The van der Waals surface area contributed by atoms with E-state index in [9.17, 15) is 14.9 Å². The van der Waals surface area contributed by atoms with Crippen molar-refractivity contribution in [3.63, 3.8) is 0 Å². The summed E-state index contributed by atoms with van der Waals surface area (Å²) in [5, 5.41) is 22.9. The van der Waals surface area contributed by atoms with Gasteiger partial charge in [0.1, 0.15) is 11.9 Å². The average molecular weight is 320 g/mol. The summed E-state index contributed by atoms with van der Waals surface area (Å²) >= 11 is 0. The second-order valence-electron chi connectivity index (χ2n) is 6.42. The zero-order valence-electron chi connectivity index (χ0n) is 13.0. The number of anilines is 1. The standard InChI is InChI=1S/C15H20N4O4/c1-9-5-10(17-15(20)21)8-18(7-9)14-11-3-2-4-12(11)16-6-13(14)19(22)23/h6,9-10,17H,2-5,7-8H2,1H3,(H,20,21)/t9-,10+/m1/s1. The molecule has 8 heteroatoms. The van der Waals surface area contributed by atoms with Gasteiger partial charge in [0.05, 0.1) is 4.92 Å². The summed E-state index contributed by atoms with van der Waals surface area (Å²) in [5.74, 6) is 0.255. The summed E-state index contributed by atoms with van der Waals surface area (Å²) in [5.41, 5.74) is 2.56. The highest BCUT2D eigenvalue weighted by molar-refractivity contribution is 5.70. The highest BCUT2D eigenvalue weighted by Crippen LogP contribution is 2.39. The van der Waals surface area contributed by atoms with E-state index in [4.69, 9.17) is 5.11 Å². The van der Waals surface area contributed by atoms with Crippen molar-refractivity contribution in [1.82, 2.24) is 10.3 Å². The number of aryl methyl sites for hydroxylation is 1. The van der Waals surface area contributed by atoms with Crippen molar-refractivity contribution in [2.75, 3.05) is 18.0 Å². The van der Waals surface area contributed by atoms with Crippen molar-refractivity contribution in [3.8, 4) is 0 Å². The Morgan fingerprint density at radius 1 is 1.48 bits per heavy atom. The first-order valence-corrected chi connectivity index (χ1v) is 7.85. The summed E-state index contributed by atoms with van der Waals surface area (Å²) in [6, 6.07) is -0.221. The van der Waals surface area contributed by atoms with E-state index in [1.807, 2.05) is 11.8 Å². The van der Waals surface area contributed by atoms with Crippen LogP contribution in [-0.2, 0) is 12.8 Å². The molecule has 0 saturated carbocycles. The van der Waals surface area contributed by atoms with Crippen molar-refractivity contribution in [3.05, 3.63) is 27.6 Å². The van der Waals surface area contributed by atoms with Gasteiger partial charge in [-0.15, -0.1) is 0 Å². The van der Waals surface area contributed by atoms with Crippen LogP contribution in [0.5, 0.6) is 0 Å². The number of pyridine rings is 1. The molecule has 0 unspecified atom stereocenters. The fourth-order valence-corrected chi connectivity index (χ4v) is 3.78. The maximum absolute atomic E-state index is 11.4. The van der Waals surface area contributed by atoms with Crippen molar-refractivity contribution in [1.29, 1.82) is 0 Å². The molecule has 8 nitrogen and oxygen atoms in total. The molecule has 23 heavy (non-hydrogen) atoms. The van der Waals surface area contributed by atoms with E-state index in [0.29, 0.717) is 18.8 Å². The summed E-state index contributed by atoms with van der Waals surface area (Å²) in [7, 11) is 0. The predicted octanol–water partition coefficient (Wildman–Crippen LogP) is 1.96. The van der Waals surface area contributed by atoms with Crippen LogP contribution in [0.3, 0.4) is 0 Å². The van der Waals surface area contributed by atoms with Crippen molar-refractivity contribution >= 4 is 17.5 Å². The fraction of sp³-hybridized carbons (Fsp3) is 0.600. The number of nitrogens with one attached hydrogen (secondary N) is 1. The number of nitrogens with zero attached hydrogens (tertiary/aromatic N) is 3. The van der Waals surface area contributed by atoms with Gasteiger partial charge in [-0.05, 0) is 31.6 Å². The van der Waals surface area contributed by atoms with Gasteiger partial charge in [0, 0.05) is 30.4 Å². The lowest BCUT2D eigenvalue weighted by atomic mass is 9.94. The number of rotatable bonds is 3. The first-order chi connectivity index (χ1) is 11.0. The molecule has 3 rings (SSSR count). The zero-order chi connectivity index (χ0) is 16.6. The molecule has 1 saturated heterocycles. The number of carboxylic acid groups (broad SMARTS) is 1. The van der Waals surface area contributed by atoms with Gasteiger partial charge in [-0.1, -0.05) is 6.92 Å². The summed E-state index contributed by atoms with van der Waals surface area (Å²) in [4.78, 5) is 28.2. The number of hydrogen-bond acceptors (Lipinski definition) is 5. The molecule has 1 aromatic rings. The van der Waals surface area contributed by atoms with E-state index in [2.05, 4.69) is 10.3 Å². The molecule has 2 aliphatic rings. The Hall–Kier alpha value is -2.38. The third-order valence-corrected chi connectivity index (χ3v) is 4.56. The minimum absolute atomic E-state index is 0.0221. The van der Waals surface area contributed by atoms with Gasteiger partial charge in [0.15, 0.2) is 0 Å². The summed E-state index contributed by atoms with van der Waals surface area (Å²) in [6.45, 7) is 3.18. The third-order valence-electron chi connectivity index (χ3n) is 4.56. The molecule has 0 bridgehead atoms. The van der Waals surface area contributed by atoms with E-state index in [1.54, 1.807) is 0 Å². The van der Waals surface area contributed by atoms with Crippen LogP contribution in [0.15, 0.2) is 6.20 Å². The molecule has 1 aromatic heterocycles. The maximum Gasteiger partial charge on any atom is 0.404 e. The van der Waals surface area contributed by atoms with Crippen molar-refractivity contribution in [2.24, 2.45) is 5.92 Å². The molecule has 1 amide bonds. The Kier molecular flexibility index (Phi) is 4.06. The van der Waals surface area contributed by atoms with Crippen LogP contribution in [0.4, 0.5) is 16.2 Å². The van der Waals surface area contributed by atoms with Crippen LogP contribution < -0.4 is 10.2 Å². The van der Waals surface area contributed by atoms with Gasteiger partial charge in [-0.3, -0.25) is 15.1 Å². The van der Waals surface area contributed by atoms with E-state index in [1.165, 1.54) is 6.20 Å². The molecule has 0 aromatic carbocycles. The Bertz CT molecular complexity index is 649. The lowest BCUT2D eigenvalue weighted by Gasteiger charge is -2.38. The van der Waals surface area contributed by atoms with Crippen molar-refractivity contribution < 1.29 is 14.8 Å². The molecule has 124 valence electrons. The topological polar surface area (TPSA) is 109 Å². The Labute approximate surface area is 133 Å². The number of piperidine rings is 1. The molecule has 2 N–H and O–H groups in total. The molecule has 1 aliphatic carbocycles. The molecule has 0 spiro atoms. The van der Waals surface area contributed by atoms with Gasteiger partial charge in [-0.25, -0.2) is 4.79 Å². The average Bonchev–Trinajstić information content (AvgIpc) is 2.92. The van der Waals surface area contributed by atoms with Crippen LogP contribution in [0.25, 0.3) is 0 Å². The molecule has 1 fully saturated rings. The number of nitro groups is 1. The maximum atomic E-state index is 11.4. The van der Waals surface area contributed by atoms with Crippen molar-refractivity contribution in [2.45, 2.75) is 38.6 Å². The highest BCUT2D eigenvalue weighted by atomic mass is 16.6. The minimum Gasteiger partial charge on any atom is -0.465 e. The normalized spacial score (nSPS) is 23.4. The minimum atomic E-state index is -1.06. The van der Waals surface area contributed by atoms with E-state index in [0.717, 1.165) is 36.9 Å². The van der Waals surface area contributed by atoms with Crippen LogP contribution in [-0.4, -0.2) is 40.2 Å². The monoisotopic (exact) mass is 320 g/mol.